The Bertz CT molecular complexity index is 506. The van der Waals surface area contributed by atoms with Gasteiger partial charge in [0.2, 0.25) is 0 Å². The van der Waals surface area contributed by atoms with Crippen LogP contribution >= 0.6 is 0 Å². The number of nitrogens with one attached hydrogen (secondary N) is 1. The predicted octanol–water partition coefficient (Wildman–Crippen LogP) is 2.24. The third-order valence-electron chi connectivity index (χ3n) is 4.46. The highest BCUT2D eigenvalue weighted by atomic mass is 19.1. The lowest BCUT2D eigenvalue weighted by Crippen LogP contribution is -2.52. The third kappa shape index (κ3) is 2.63. The van der Waals surface area contributed by atoms with Crippen molar-refractivity contribution in [3.8, 4) is 0 Å². The highest BCUT2D eigenvalue weighted by Gasteiger charge is 2.37. The van der Waals surface area contributed by atoms with E-state index in [1.165, 1.54) is 12.5 Å². The van der Waals surface area contributed by atoms with Crippen molar-refractivity contribution in [2.24, 2.45) is 17.4 Å². The highest BCUT2D eigenvalue weighted by Crippen LogP contribution is 2.36. The summed E-state index contributed by atoms with van der Waals surface area (Å²) < 4.78 is 13.8. The van der Waals surface area contributed by atoms with Gasteiger partial charge in [-0.3, -0.25) is 4.79 Å². The number of benzene rings is 1. The summed E-state index contributed by atoms with van der Waals surface area (Å²) >= 11 is 0. The quantitative estimate of drug-likeness (QED) is 0.790. The highest BCUT2D eigenvalue weighted by molar-refractivity contribution is 5.98. The molecule has 2 atom stereocenters. The van der Waals surface area contributed by atoms with Crippen LogP contribution in [0, 0.1) is 11.7 Å². The van der Waals surface area contributed by atoms with Crippen molar-refractivity contribution in [1.82, 2.24) is 0 Å². The first kappa shape index (κ1) is 14.8. The molecule has 0 aromatic heterocycles. The molecule has 5 heteroatoms. The number of carbonyl (C=O) groups is 1. The average molecular weight is 279 g/mol. The van der Waals surface area contributed by atoms with Crippen LogP contribution in [0.25, 0.3) is 0 Å². The van der Waals surface area contributed by atoms with Gasteiger partial charge in [0.05, 0.1) is 16.8 Å². The summed E-state index contributed by atoms with van der Waals surface area (Å²) in [6, 6.07) is 4.49. The van der Waals surface area contributed by atoms with Crippen LogP contribution in [0.3, 0.4) is 0 Å². The van der Waals surface area contributed by atoms with E-state index in [4.69, 9.17) is 11.5 Å². The molecule has 4 nitrogen and oxygen atoms in total. The molecule has 1 amide bonds. The number of hydrogen-bond donors (Lipinski definition) is 3. The van der Waals surface area contributed by atoms with E-state index in [9.17, 15) is 9.18 Å². The van der Waals surface area contributed by atoms with E-state index in [-0.39, 0.29) is 11.1 Å². The van der Waals surface area contributed by atoms with Gasteiger partial charge in [0, 0.05) is 6.54 Å². The van der Waals surface area contributed by atoms with Crippen LogP contribution < -0.4 is 16.8 Å². The summed E-state index contributed by atoms with van der Waals surface area (Å²) in [5, 5.41) is 3.32. The Morgan fingerprint density at radius 1 is 1.50 bits per heavy atom. The molecule has 0 saturated heterocycles. The summed E-state index contributed by atoms with van der Waals surface area (Å²) in [7, 11) is 0. The lowest BCUT2D eigenvalue weighted by Gasteiger charge is -2.43. The Hall–Kier alpha value is -1.62. The number of carbonyl (C=O) groups excluding carboxylic acids is 1. The zero-order valence-corrected chi connectivity index (χ0v) is 11.8. The fraction of sp³-hybridized carbons (Fsp3) is 0.533. The van der Waals surface area contributed by atoms with E-state index in [2.05, 4.69) is 12.2 Å². The van der Waals surface area contributed by atoms with E-state index in [0.717, 1.165) is 19.3 Å². The number of primary amides is 1. The second-order valence-corrected chi connectivity index (χ2v) is 5.66. The minimum Gasteiger partial charge on any atom is -0.377 e. The average Bonchev–Trinajstić information content (AvgIpc) is 2.41. The van der Waals surface area contributed by atoms with Gasteiger partial charge >= 0.3 is 0 Å². The SMILES string of the molecule is CC1CCCCC1(CN)Nc1cccc(F)c1C(N)=O. The van der Waals surface area contributed by atoms with Crippen molar-refractivity contribution < 1.29 is 9.18 Å². The van der Waals surface area contributed by atoms with Gasteiger partial charge < -0.3 is 16.8 Å². The standard InChI is InChI=1S/C15H22FN3O/c1-10-5-2-3-8-15(10,9-17)19-12-7-4-6-11(16)13(12)14(18)20/h4,6-7,10,19H,2-3,5,8-9,17H2,1H3,(H2,18,20). The molecule has 1 saturated carbocycles. The molecule has 0 spiro atoms. The van der Waals surface area contributed by atoms with Gasteiger partial charge in [-0.15, -0.1) is 0 Å². The van der Waals surface area contributed by atoms with Crippen molar-refractivity contribution >= 4 is 11.6 Å². The maximum Gasteiger partial charge on any atom is 0.253 e. The van der Waals surface area contributed by atoms with Gasteiger partial charge in [-0.1, -0.05) is 25.8 Å². The molecular formula is C15H22FN3O. The van der Waals surface area contributed by atoms with Crippen molar-refractivity contribution in [2.75, 3.05) is 11.9 Å². The molecule has 0 heterocycles. The molecule has 1 aliphatic carbocycles. The molecule has 0 aliphatic heterocycles. The lowest BCUT2D eigenvalue weighted by molar-refractivity contribution is 0.0997. The Morgan fingerprint density at radius 2 is 2.25 bits per heavy atom. The molecule has 1 aliphatic rings. The summed E-state index contributed by atoms with van der Waals surface area (Å²) in [6.45, 7) is 2.59. The van der Waals surface area contributed by atoms with Crippen LogP contribution in [0.5, 0.6) is 0 Å². The first-order valence-electron chi connectivity index (χ1n) is 7.07. The summed E-state index contributed by atoms with van der Waals surface area (Å²) in [5.74, 6) is -0.996. The normalized spacial score (nSPS) is 26.2. The van der Waals surface area contributed by atoms with Gasteiger partial charge in [-0.05, 0) is 30.9 Å². The Morgan fingerprint density at radius 3 is 2.85 bits per heavy atom. The zero-order valence-electron chi connectivity index (χ0n) is 11.8. The van der Waals surface area contributed by atoms with E-state index in [1.807, 2.05) is 0 Å². The largest absolute Gasteiger partial charge is 0.377 e. The molecule has 0 radical (unpaired) electrons. The number of rotatable bonds is 4. The number of halogens is 1. The topological polar surface area (TPSA) is 81.1 Å². The Kier molecular flexibility index (Phi) is 4.28. The summed E-state index contributed by atoms with van der Waals surface area (Å²) in [6.07, 6.45) is 4.25. The van der Waals surface area contributed by atoms with E-state index < -0.39 is 11.7 Å². The van der Waals surface area contributed by atoms with E-state index >= 15 is 0 Å². The second kappa shape index (κ2) is 5.79. The molecule has 110 valence electrons. The van der Waals surface area contributed by atoms with Crippen molar-refractivity contribution in [1.29, 1.82) is 0 Å². The second-order valence-electron chi connectivity index (χ2n) is 5.66. The van der Waals surface area contributed by atoms with E-state index in [0.29, 0.717) is 18.2 Å². The summed E-state index contributed by atoms with van der Waals surface area (Å²) in [4.78, 5) is 11.5. The van der Waals surface area contributed by atoms with Gasteiger partial charge in [0.25, 0.3) is 5.91 Å². The molecule has 1 aromatic carbocycles. The van der Waals surface area contributed by atoms with Gasteiger partial charge in [-0.2, -0.15) is 0 Å². The van der Waals surface area contributed by atoms with Crippen LogP contribution in [-0.2, 0) is 0 Å². The Balaban J connectivity index is 2.37. The zero-order chi connectivity index (χ0) is 14.8. The first-order chi connectivity index (χ1) is 9.50. The van der Waals surface area contributed by atoms with Crippen LogP contribution in [0.2, 0.25) is 0 Å². The maximum atomic E-state index is 13.8. The fourth-order valence-electron chi connectivity index (χ4n) is 3.10. The van der Waals surface area contributed by atoms with Crippen LogP contribution in [0.4, 0.5) is 10.1 Å². The van der Waals surface area contributed by atoms with Gasteiger partial charge in [0.1, 0.15) is 5.82 Å². The van der Waals surface area contributed by atoms with Crippen LogP contribution in [0.1, 0.15) is 43.0 Å². The molecule has 5 N–H and O–H groups in total. The number of hydrogen-bond acceptors (Lipinski definition) is 3. The Labute approximate surface area is 118 Å². The van der Waals surface area contributed by atoms with Crippen molar-refractivity contribution in [3.63, 3.8) is 0 Å². The molecule has 2 unspecified atom stereocenters. The molecule has 1 fully saturated rings. The first-order valence-corrected chi connectivity index (χ1v) is 7.07. The lowest BCUT2D eigenvalue weighted by atomic mass is 9.73. The minimum atomic E-state index is -0.763. The van der Waals surface area contributed by atoms with Crippen molar-refractivity contribution in [3.05, 3.63) is 29.6 Å². The number of nitrogens with two attached hydrogens (primary N) is 2. The van der Waals surface area contributed by atoms with E-state index in [1.54, 1.807) is 12.1 Å². The third-order valence-corrected chi connectivity index (χ3v) is 4.46. The van der Waals surface area contributed by atoms with Gasteiger partial charge in [-0.25, -0.2) is 4.39 Å². The fourth-order valence-corrected chi connectivity index (χ4v) is 3.10. The number of anilines is 1. The number of amides is 1. The smallest absolute Gasteiger partial charge is 0.253 e. The van der Waals surface area contributed by atoms with Crippen LogP contribution in [-0.4, -0.2) is 18.0 Å². The van der Waals surface area contributed by atoms with Gasteiger partial charge in [0.15, 0.2) is 0 Å². The van der Waals surface area contributed by atoms with Crippen LogP contribution in [0.15, 0.2) is 18.2 Å². The summed E-state index contributed by atoms with van der Waals surface area (Å²) in [5.41, 5.74) is 11.3. The molecule has 20 heavy (non-hydrogen) atoms. The minimum absolute atomic E-state index is 0.0851. The monoisotopic (exact) mass is 279 g/mol. The molecule has 1 aromatic rings. The molecular weight excluding hydrogens is 257 g/mol. The molecule has 0 bridgehead atoms. The predicted molar refractivity (Wildman–Crippen MR) is 78.0 cm³/mol. The van der Waals surface area contributed by atoms with Crippen molar-refractivity contribution in [2.45, 2.75) is 38.1 Å². The maximum absolute atomic E-state index is 13.8. The molecule has 2 rings (SSSR count).